The molecule has 0 aliphatic heterocycles. The first-order valence-electron chi connectivity index (χ1n) is 2.52. The van der Waals surface area contributed by atoms with E-state index in [1.54, 1.807) is 0 Å². The maximum atomic E-state index is 3.74. The summed E-state index contributed by atoms with van der Waals surface area (Å²) in [5.41, 5.74) is 1.24. The van der Waals surface area contributed by atoms with E-state index >= 15 is 0 Å². The van der Waals surface area contributed by atoms with E-state index in [0.29, 0.717) is 0 Å². The molecule has 0 saturated heterocycles. The molecule has 0 spiro atoms. The predicted octanol–water partition coefficient (Wildman–Crippen LogP) is 2.98. The van der Waals surface area contributed by atoms with E-state index in [1.807, 2.05) is 13.0 Å². The summed E-state index contributed by atoms with van der Waals surface area (Å²) in [6.07, 6.45) is 4.06. The molecule has 1 heteroatoms. The molecule has 0 aromatic carbocycles. The van der Waals surface area contributed by atoms with Gasteiger partial charge in [0.05, 0.1) is 0 Å². The third-order valence-electron chi connectivity index (χ3n) is 0.775. The topological polar surface area (TPSA) is 0 Å². The second-order valence-electron chi connectivity index (χ2n) is 1.78. The Labute approximate surface area is 73.3 Å². The molecule has 0 radical (unpaired) electrons. The molecule has 0 aromatic rings. The van der Waals surface area contributed by atoms with Gasteiger partial charge in [-0.2, -0.15) is 0 Å². The van der Waals surface area contributed by atoms with Crippen LogP contribution in [-0.4, -0.2) is 0 Å². The number of hydrogen-bond donors (Lipinski definition) is 0. The van der Waals surface area contributed by atoms with Crippen LogP contribution in [0.15, 0.2) is 24.8 Å². The van der Waals surface area contributed by atoms with E-state index in [4.69, 9.17) is 0 Å². The molecule has 0 unspecified atom stereocenters. The van der Waals surface area contributed by atoms with Crippen molar-refractivity contribution in [3.63, 3.8) is 0 Å². The molecule has 0 fully saturated rings. The van der Waals surface area contributed by atoms with Gasteiger partial charge in [-0.25, -0.2) is 0 Å². The van der Waals surface area contributed by atoms with Crippen LogP contribution >= 0.6 is 0 Å². The smallest absolute Gasteiger partial charge is 0.358 e. The maximum absolute atomic E-state index is 3.74. The van der Waals surface area contributed by atoms with Gasteiger partial charge in [-0.05, 0) is 19.8 Å². The summed E-state index contributed by atoms with van der Waals surface area (Å²) in [6.45, 7) is 9.37. The van der Waals surface area contributed by atoms with Crippen molar-refractivity contribution in [1.29, 1.82) is 0 Å². The fourth-order valence-electron chi connectivity index (χ4n) is 0.348. The third-order valence-corrected chi connectivity index (χ3v) is 0.775. The summed E-state index contributed by atoms with van der Waals surface area (Å²) in [4.78, 5) is 0. The Hall–Kier alpha value is 0.168. The number of hydrogen-bond acceptors (Lipinski definition) is 0. The molecule has 0 aliphatic carbocycles. The van der Waals surface area contributed by atoms with Gasteiger partial charge in [-0.15, -0.1) is 13.2 Å². The molecule has 0 heterocycles. The molecule has 56 valence electrons. The van der Waals surface area contributed by atoms with Crippen molar-refractivity contribution in [2.75, 3.05) is 0 Å². The molecule has 0 nitrogen and oxygen atoms in total. The van der Waals surface area contributed by atoms with Crippen molar-refractivity contribution >= 4 is 0 Å². The molecular formula is C8H15Pt+. The molecule has 0 aliphatic rings. The summed E-state index contributed by atoms with van der Waals surface area (Å²) in [7, 11) is 0. The van der Waals surface area contributed by atoms with Crippen molar-refractivity contribution < 1.29 is 21.1 Å². The van der Waals surface area contributed by atoms with E-state index in [9.17, 15) is 0 Å². The molecule has 0 saturated carbocycles. The Kier molecular flexibility index (Phi) is 19.7. The average Bonchev–Trinajstić information content (AvgIpc) is 1.61. The van der Waals surface area contributed by atoms with Crippen LogP contribution in [0.4, 0.5) is 0 Å². The monoisotopic (exact) mass is 306 g/mol. The van der Waals surface area contributed by atoms with E-state index in [0.717, 1.165) is 12.8 Å². The van der Waals surface area contributed by atoms with Gasteiger partial charge in [0.25, 0.3) is 0 Å². The standard InChI is InChI=1S/C7H12.CH3.Pt/c1-4-5-6-7(2)3;;/h4H,1-2,5-6H2,3H3;1H3;/q;-1;+2. The summed E-state index contributed by atoms with van der Waals surface area (Å²) >= 11 is 0. The van der Waals surface area contributed by atoms with Gasteiger partial charge in [0.2, 0.25) is 0 Å². The maximum Gasteiger partial charge on any atom is 2.00 e. The SMILES string of the molecule is C=CCCC(=C)C.[CH3-].[Pt+2]. The van der Waals surface area contributed by atoms with E-state index in [1.165, 1.54) is 5.57 Å². The molecule has 0 bridgehead atoms. The van der Waals surface area contributed by atoms with Crippen molar-refractivity contribution in [2.45, 2.75) is 19.8 Å². The van der Waals surface area contributed by atoms with Crippen LogP contribution < -0.4 is 0 Å². The van der Waals surface area contributed by atoms with Crippen LogP contribution in [0.25, 0.3) is 0 Å². The van der Waals surface area contributed by atoms with Gasteiger partial charge in [0.1, 0.15) is 0 Å². The van der Waals surface area contributed by atoms with E-state index < -0.39 is 0 Å². The summed E-state index contributed by atoms with van der Waals surface area (Å²) in [6, 6.07) is 0. The predicted molar refractivity (Wildman–Crippen MR) is 40.7 cm³/mol. The Morgan fingerprint density at radius 1 is 1.56 bits per heavy atom. The average molecular weight is 306 g/mol. The van der Waals surface area contributed by atoms with Crippen molar-refractivity contribution in [1.82, 2.24) is 0 Å². The second kappa shape index (κ2) is 11.0. The molecule has 0 amide bonds. The summed E-state index contributed by atoms with van der Waals surface area (Å²) in [5.74, 6) is 0. The number of rotatable bonds is 3. The van der Waals surface area contributed by atoms with Crippen LogP contribution in [-0.2, 0) is 21.1 Å². The molecule has 0 aromatic heterocycles. The molecule has 0 atom stereocenters. The zero-order chi connectivity index (χ0) is 5.70. The fourth-order valence-corrected chi connectivity index (χ4v) is 0.348. The quantitative estimate of drug-likeness (QED) is 0.555. The minimum absolute atomic E-state index is 0. The Bertz CT molecular complexity index is 74.6. The zero-order valence-electron chi connectivity index (χ0n) is 6.22. The van der Waals surface area contributed by atoms with Gasteiger partial charge in [-0.3, -0.25) is 0 Å². The van der Waals surface area contributed by atoms with Gasteiger partial charge < -0.3 is 7.43 Å². The second-order valence-corrected chi connectivity index (χ2v) is 1.78. The first kappa shape index (κ1) is 16.1. The van der Waals surface area contributed by atoms with Crippen molar-refractivity contribution in [2.24, 2.45) is 0 Å². The molecular weight excluding hydrogens is 291 g/mol. The van der Waals surface area contributed by atoms with Gasteiger partial charge in [-0.1, -0.05) is 11.6 Å². The Morgan fingerprint density at radius 3 is 2.11 bits per heavy atom. The van der Waals surface area contributed by atoms with Crippen LogP contribution in [0.1, 0.15) is 19.8 Å². The first-order chi connectivity index (χ1) is 3.27. The van der Waals surface area contributed by atoms with Gasteiger partial charge >= 0.3 is 21.1 Å². The summed E-state index contributed by atoms with van der Waals surface area (Å²) < 4.78 is 0. The molecule has 0 N–H and O–H groups in total. The Morgan fingerprint density at radius 2 is 2.00 bits per heavy atom. The zero-order valence-corrected chi connectivity index (χ0v) is 8.49. The normalized spacial score (nSPS) is 6.33. The van der Waals surface area contributed by atoms with Crippen LogP contribution in [0.5, 0.6) is 0 Å². The van der Waals surface area contributed by atoms with Crippen molar-refractivity contribution in [3.8, 4) is 0 Å². The van der Waals surface area contributed by atoms with Crippen LogP contribution in [0.3, 0.4) is 0 Å². The van der Waals surface area contributed by atoms with Crippen LogP contribution in [0.2, 0.25) is 0 Å². The van der Waals surface area contributed by atoms with Gasteiger partial charge in [0, 0.05) is 0 Å². The van der Waals surface area contributed by atoms with Gasteiger partial charge in [0.15, 0.2) is 0 Å². The third kappa shape index (κ3) is 17.9. The minimum Gasteiger partial charge on any atom is -0.358 e. The minimum atomic E-state index is 0. The molecule has 9 heavy (non-hydrogen) atoms. The van der Waals surface area contributed by atoms with E-state index in [2.05, 4.69) is 13.2 Å². The van der Waals surface area contributed by atoms with Crippen LogP contribution in [0, 0.1) is 7.43 Å². The molecule has 0 rings (SSSR count). The number of allylic oxidation sites excluding steroid dienone is 2. The summed E-state index contributed by atoms with van der Waals surface area (Å²) in [5, 5.41) is 0. The Balaban J connectivity index is -0.000000180. The first-order valence-corrected chi connectivity index (χ1v) is 2.52. The van der Waals surface area contributed by atoms with E-state index in [-0.39, 0.29) is 28.5 Å². The largest absolute Gasteiger partial charge is 2.00 e. The fraction of sp³-hybridized carbons (Fsp3) is 0.375. The van der Waals surface area contributed by atoms with Crippen molar-refractivity contribution in [3.05, 3.63) is 32.2 Å².